The van der Waals surface area contributed by atoms with Gasteiger partial charge in [0, 0.05) is 18.7 Å². The normalized spacial score (nSPS) is 17.9. The Morgan fingerprint density at radius 3 is 2.79 bits per heavy atom. The van der Waals surface area contributed by atoms with Gasteiger partial charge in [-0.1, -0.05) is 12.1 Å². The molecular formula is C19H21N7O3. The van der Waals surface area contributed by atoms with Crippen LogP contribution < -0.4 is 4.74 Å². The zero-order valence-electron chi connectivity index (χ0n) is 16.0. The van der Waals surface area contributed by atoms with Gasteiger partial charge in [0.2, 0.25) is 5.82 Å². The van der Waals surface area contributed by atoms with Gasteiger partial charge in [0.15, 0.2) is 0 Å². The van der Waals surface area contributed by atoms with E-state index in [4.69, 9.17) is 9.47 Å². The Kier molecular flexibility index (Phi) is 4.27. The van der Waals surface area contributed by atoms with Crippen LogP contribution in [0, 0.1) is 0 Å². The van der Waals surface area contributed by atoms with Gasteiger partial charge < -0.3 is 14.4 Å². The number of fused-ring (bicyclic) bond motifs is 2. The maximum absolute atomic E-state index is 12.9. The molecule has 0 saturated carbocycles. The van der Waals surface area contributed by atoms with Crippen LogP contribution in [0.25, 0.3) is 5.95 Å². The topological polar surface area (TPSA) is 111 Å². The fourth-order valence-electron chi connectivity index (χ4n) is 4.28. The number of aromatic nitrogens is 6. The molecule has 1 amide bonds. The average Bonchev–Trinajstić information content (AvgIpc) is 3.45. The van der Waals surface area contributed by atoms with Gasteiger partial charge in [0.25, 0.3) is 11.9 Å². The van der Waals surface area contributed by atoms with E-state index in [1.165, 1.54) is 22.8 Å². The number of nitrogens with one attached hydrogen (secondary N) is 1. The molecule has 2 aliphatic rings. The Labute approximate surface area is 166 Å². The highest BCUT2D eigenvalue weighted by atomic mass is 16.5. The number of carbonyl (C=O) groups excluding carboxylic acids is 1. The first-order valence-corrected chi connectivity index (χ1v) is 9.57. The number of methoxy groups -OCH3 is 1. The van der Waals surface area contributed by atoms with Crippen molar-refractivity contribution in [2.24, 2.45) is 0 Å². The van der Waals surface area contributed by atoms with Crippen LogP contribution in [0.4, 0.5) is 0 Å². The fraction of sp³-hybridized carbons (Fsp3) is 0.421. The van der Waals surface area contributed by atoms with E-state index in [-0.39, 0.29) is 11.7 Å². The minimum absolute atomic E-state index is 0.178. The molecule has 3 aromatic rings. The summed E-state index contributed by atoms with van der Waals surface area (Å²) in [6, 6.07) is 6.14. The number of rotatable bonds is 3. The lowest BCUT2D eigenvalue weighted by atomic mass is 9.78. The van der Waals surface area contributed by atoms with E-state index in [2.05, 4.69) is 31.4 Å². The largest absolute Gasteiger partial charge is 0.496 e. The fourth-order valence-corrected chi connectivity index (χ4v) is 4.28. The average molecular weight is 395 g/mol. The molecule has 0 radical (unpaired) electrons. The van der Waals surface area contributed by atoms with Crippen molar-refractivity contribution in [3.8, 4) is 11.7 Å². The van der Waals surface area contributed by atoms with E-state index >= 15 is 0 Å². The lowest BCUT2D eigenvalue weighted by Gasteiger charge is -2.45. The Morgan fingerprint density at radius 1 is 1.24 bits per heavy atom. The van der Waals surface area contributed by atoms with Gasteiger partial charge in [-0.15, -0.1) is 15.3 Å². The van der Waals surface area contributed by atoms with E-state index in [1.54, 1.807) is 12.0 Å². The number of ether oxygens (including phenoxy) is 2. The maximum atomic E-state index is 12.9. The number of hydrogen-bond acceptors (Lipinski definition) is 7. The summed E-state index contributed by atoms with van der Waals surface area (Å²) >= 11 is 0. The van der Waals surface area contributed by atoms with Crippen molar-refractivity contribution in [2.75, 3.05) is 26.8 Å². The zero-order chi connectivity index (χ0) is 19.8. The summed E-state index contributed by atoms with van der Waals surface area (Å²) in [5.41, 5.74) is 1.99. The van der Waals surface area contributed by atoms with Crippen LogP contribution in [0.2, 0.25) is 0 Å². The van der Waals surface area contributed by atoms with Gasteiger partial charge in [-0.3, -0.25) is 14.5 Å². The van der Waals surface area contributed by atoms with Crippen molar-refractivity contribution in [1.82, 2.24) is 34.8 Å². The molecule has 1 fully saturated rings. The molecule has 0 atom stereocenters. The number of aromatic amines is 1. The smallest absolute Gasteiger partial charge is 0.291 e. The second-order valence-electron chi connectivity index (χ2n) is 7.23. The SMILES string of the molecule is COc1cccc2c1C1(CCN(C(=O)c3nc(-n4cnnc4)n[nH]3)CC1)OCC2. The Balaban J connectivity index is 1.35. The molecular weight excluding hydrogens is 374 g/mol. The summed E-state index contributed by atoms with van der Waals surface area (Å²) in [5.74, 6) is 1.21. The van der Waals surface area contributed by atoms with Crippen molar-refractivity contribution in [2.45, 2.75) is 24.9 Å². The lowest BCUT2D eigenvalue weighted by Crippen LogP contribution is -2.48. The predicted octanol–water partition coefficient (Wildman–Crippen LogP) is 1.10. The van der Waals surface area contributed by atoms with Crippen LogP contribution in [0.3, 0.4) is 0 Å². The van der Waals surface area contributed by atoms with Gasteiger partial charge in [0.1, 0.15) is 24.0 Å². The minimum atomic E-state index is -0.411. The second kappa shape index (κ2) is 6.96. The molecule has 2 aromatic heterocycles. The highest BCUT2D eigenvalue weighted by Gasteiger charge is 2.44. The molecule has 10 heteroatoms. The van der Waals surface area contributed by atoms with E-state index in [0.717, 1.165) is 17.7 Å². The summed E-state index contributed by atoms with van der Waals surface area (Å²) in [7, 11) is 1.69. The first-order chi connectivity index (χ1) is 14.2. The molecule has 0 bridgehead atoms. The quantitative estimate of drug-likeness (QED) is 0.707. The maximum Gasteiger partial charge on any atom is 0.291 e. The first-order valence-electron chi connectivity index (χ1n) is 9.57. The number of benzene rings is 1. The second-order valence-corrected chi connectivity index (χ2v) is 7.23. The molecule has 1 N–H and O–H groups in total. The number of piperidine rings is 1. The van der Waals surface area contributed by atoms with Gasteiger partial charge >= 0.3 is 0 Å². The zero-order valence-corrected chi connectivity index (χ0v) is 16.0. The third-order valence-electron chi connectivity index (χ3n) is 5.72. The summed E-state index contributed by atoms with van der Waals surface area (Å²) in [4.78, 5) is 19.0. The van der Waals surface area contributed by atoms with Gasteiger partial charge in [-0.25, -0.2) is 0 Å². The Morgan fingerprint density at radius 2 is 2.03 bits per heavy atom. The molecule has 29 heavy (non-hydrogen) atoms. The molecule has 1 aromatic carbocycles. The van der Waals surface area contributed by atoms with Crippen molar-refractivity contribution < 1.29 is 14.3 Å². The Bertz CT molecular complexity index is 1010. The van der Waals surface area contributed by atoms with Crippen LogP contribution in [0.1, 0.15) is 34.6 Å². The molecule has 150 valence electrons. The van der Waals surface area contributed by atoms with Crippen LogP contribution in [0.5, 0.6) is 5.75 Å². The molecule has 2 aliphatic heterocycles. The van der Waals surface area contributed by atoms with E-state index in [0.29, 0.717) is 38.5 Å². The summed E-state index contributed by atoms with van der Waals surface area (Å²) < 4.78 is 13.5. The van der Waals surface area contributed by atoms with Gasteiger partial charge in [-0.2, -0.15) is 4.98 Å². The molecule has 1 spiro atoms. The van der Waals surface area contributed by atoms with Crippen LogP contribution in [-0.2, 0) is 16.8 Å². The van der Waals surface area contributed by atoms with E-state index < -0.39 is 5.60 Å². The number of amides is 1. The predicted molar refractivity (Wildman–Crippen MR) is 101 cm³/mol. The van der Waals surface area contributed by atoms with Gasteiger partial charge in [0.05, 0.1) is 13.7 Å². The standard InChI is InChI=1S/C19H21N7O3/c1-28-14-4-2-3-13-5-10-29-19(15(13)14)6-8-25(9-7-19)17(27)16-22-18(24-23-16)26-11-20-21-12-26/h2-4,11-12H,5-10H2,1H3,(H,22,23,24). The third kappa shape index (κ3) is 2.96. The number of carbonyl (C=O) groups is 1. The highest BCUT2D eigenvalue weighted by Crippen LogP contribution is 2.45. The molecule has 10 nitrogen and oxygen atoms in total. The van der Waals surface area contributed by atoms with Crippen molar-refractivity contribution in [3.05, 3.63) is 47.8 Å². The molecule has 1 saturated heterocycles. The summed E-state index contributed by atoms with van der Waals surface area (Å²) in [6.07, 6.45) is 5.25. The third-order valence-corrected chi connectivity index (χ3v) is 5.72. The minimum Gasteiger partial charge on any atom is -0.496 e. The summed E-state index contributed by atoms with van der Waals surface area (Å²) in [5, 5.41) is 14.2. The number of hydrogen-bond donors (Lipinski definition) is 1. The number of H-pyrrole nitrogens is 1. The van der Waals surface area contributed by atoms with Crippen LogP contribution >= 0.6 is 0 Å². The summed E-state index contributed by atoms with van der Waals surface area (Å²) in [6.45, 7) is 1.82. The van der Waals surface area contributed by atoms with Crippen LogP contribution in [-0.4, -0.2) is 67.6 Å². The van der Waals surface area contributed by atoms with Crippen molar-refractivity contribution in [1.29, 1.82) is 0 Å². The Hall–Kier alpha value is -3.27. The van der Waals surface area contributed by atoms with Gasteiger partial charge in [-0.05, 0) is 30.9 Å². The monoisotopic (exact) mass is 395 g/mol. The molecule has 0 unspecified atom stereocenters. The highest BCUT2D eigenvalue weighted by molar-refractivity contribution is 5.90. The molecule has 5 rings (SSSR count). The van der Waals surface area contributed by atoms with Crippen molar-refractivity contribution >= 4 is 5.91 Å². The van der Waals surface area contributed by atoms with E-state index in [9.17, 15) is 4.79 Å². The van der Waals surface area contributed by atoms with Crippen LogP contribution in [0.15, 0.2) is 30.9 Å². The molecule has 4 heterocycles. The first kappa shape index (κ1) is 17.8. The lowest BCUT2D eigenvalue weighted by molar-refractivity contribution is -0.0947. The molecule has 0 aliphatic carbocycles. The number of nitrogens with zero attached hydrogens (tertiary/aromatic N) is 6. The van der Waals surface area contributed by atoms with E-state index in [1.807, 2.05) is 12.1 Å². The number of likely N-dealkylation sites (tertiary alicyclic amines) is 1. The van der Waals surface area contributed by atoms with Crippen molar-refractivity contribution in [3.63, 3.8) is 0 Å².